The van der Waals surface area contributed by atoms with E-state index in [1.807, 2.05) is 35.2 Å². The number of piperidine rings is 1. The number of carbonyl (C=O) groups excluding carboxylic acids is 3. The molecule has 0 aliphatic carbocycles. The number of nitrogens with zero attached hydrogens (tertiary/aromatic N) is 3. The lowest BCUT2D eigenvalue weighted by molar-refractivity contribution is -0.136. The van der Waals surface area contributed by atoms with Crippen molar-refractivity contribution in [2.45, 2.75) is 42.2 Å². The molecule has 2 saturated heterocycles. The van der Waals surface area contributed by atoms with Crippen LogP contribution in [0.3, 0.4) is 0 Å². The number of fused-ring (bicyclic) bond motifs is 1. The summed E-state index contributed by atoms with van der Waals surface area (Å²) in [5, 5.41) is -0.808. The van der Waals surface area contributed by atoms with Gasteiger partial charge in [-0.25, -0.2) is 0 Å². The number of para-hydroxylation sites is 1. The molecule has 34 heavy (non-hydrogen) atoms. The highest BCUT2D eigenvalue weighted by Crippen LogP contribution is 2.40. The summed E-state index contributed by atoms with van der Waals surface area (Å²) in [6, 6.07) is 18.1. The fourth-order valence-corrected chi connectivity index (χ4v) is 6.40. The number of amides is 3. The summed E-state index contributed by atoms with van der Waals surface area (Å²) in [6.45, 7) is 2.84. The zero-order valence-corrected chi connectivity index (χ0v) is 20.2. The van der Waals surface area contributed by atoms with Gasteiger partial charge in [0.2, 0.25) is 11.8 Å². The van der Waals surface area contributed by atoms with Gasteiger partial charge in [-0.15, -0.1) is 11.8 Å². The van der Waals surface area contributed by atoms with E-state index in [2.05, 4.69) is 24.3 Å². The lowest BCUT2D eigenvalue weighted by atomic mass is 9.90. The Hall–Kier alpha value is -2.80. The minimum atomic E-state index is -0.808. The first kappa shape index (κ1) is 23.0. The summed E-state index contributed by atoms with van der Waals surface area (Å²) in [4.78, 5) is 45.9. The predicted molar refractivity (Wildman–Crippen MR) is 134 cm³/mol. The van der Waals surface area contributed by atoms with E-state index in [0.717, 1.165) is 42.7 Å². The van der Waals surface area contributed by atoms with E-state index in [1.165, 1.54) is 17.3 Å². The Bertz CT molecular complexity index is 1050. The van der Waals surface area contributed by atoms with Gasteiger partial charge in [-0.3, -0.25) is 14.4 Å². The topological polar surface area (TPSA) is 60.9 Å². The van der Waals surface area contributed by atoms with Gasteiger partial charge < -0.3 is 14.7 Å². The van der Waals surface area contributed by atoms with Gasteiger partial charge in [-0.2, -0.15) is 0 Å². The van der Waals surface area contributed by atoms with Crippen molar-refractivity contribution in [3.8, 4) is 0 Å². The van der Waals surface area contributed by atoms with Crippen molar-refractivity contribution in [3.05, 3.63) is 60.2 Å². The molecule has 7 heteroatoms. The van der Waals surface area contributed by atoms with Crippen LogP contribution in [0.25, 0.3) is 0 Å². The summed E-state index contributed by atoms with van der Waals surface area (Å²) in [7, 11) is 0. The Balaban J connectivity index is 1.25. The molecule has 0 aromatic heterocycles. The van der Waals surface area contributed by atoms with E-state index in [0.29, 0.717) is 32.1 Å². The Labute approximate surface area is 205 Å². The molecule has 5 rings (SSSR count). The highest BCUT2D eigenvalue weighted by Gasteiger charge is 2.41. The molecule has 0 saturated carbocycles. The molecule has 3 amide bonds. The Kier molecular flexibility index (Phi) is 6.90. The number of anilines is 1. The van der Waals surface area contributed by atoms with Crippen LogP contribution in [-0.2, 0) is 20.8 Å². The van der Waals surface area contributed by atoms with Crippen LogP contribution in [-0.4, -0.2) is 65.5 Å². The SMILES string of the molecule is O=C(CN1C(=O)[C@@H](C(=O)N2CCCC2)Sc2ccccc21)N1CCC(Cc2ccccc2)CC1. The molecular weight excluding hydrogens is 446 g/mol. The smallest absolute Gasteiger partial charge is 0.250 e. The minimum Gasteiger partial charge on any atom is -0.341 e. The average molecular weight is 478 g/mol. The molecule has 0 bridgehead atoms. The molecule has 1 atom stereocenters. The number of hydrogen-bond acceptors (Lipinski definition) is 4. The van der Waals surface area contributed by atoms with E-state index in [1.54, 1.807) is 9.80 Å². The van der Waals surface area contributed by atoms with Crippen molar-refractivity contribution < 1.29 is 14.4 Å². The van der Waals surface area contributed by atoms with Gasteiger partial charge in [0.1, 0.15) is 6.54 Å². The van der Waals surface area contributed by atoms with Crippen LogP contribution >= 0.6 is 11.8 Å². The van der Waals surface area contributed by atoms with Gasteiger partial charge in [0.05, 0.1) is 5.69 Å². The van der Waals surface area contributed by atoms with Crippen molar-refractivity contribution in [1.82, 2.24) is 9.80 Å². The number of hydrogen-bond donors (Lipinski definition) is 0. The molecule has 3 heterocycles. The van der Waals surface area contributed by atoms with Crippen LogP contribution < -0.4 is 4.90 Å². The molecule has 0 radical (unpaired) electrons. The van der Waals surface area contributed by atoms with Crippen molar-refractivity contribution in [1.29, 1.82) is 0 Å². The van der Waals surface area contributed by atoms with Crippen molar-refractivity contribution in [2.24, 2.45) is 5.92 Å². The summed E-state index contributed by atoms with van der Waals surface area (Å²) >= 11 is 1.32. The van der Waals surface area contributed by atoms with Gasteiger partial charge in [0, 0.05) is 31.1 Å². The Morgan fingerprint density at radius 3 is 2.26 bits per heavy atom. The number of thioether (sulfide) groups is 1. The first-order chi connectivity index (χ1) is 16.6. The van der Waals surface area contributed by atoms with Gasteiger partial charge in [0.25, 0.3) is 5.91 Å². The van der Waals surface area contributed by atoms with E-state index in [4.69, 9.17) is 0 Å². The molecule has 6 nitrogen and oxygen atoms in total. The maximum absolute atomic E-state index is 13.4. The number of carbonyl (C=O) groups is 3. The van der Waals surface area contributed by atoms with E-state index in [9.17, 15) is 14.4 Å². The fraction of sp³-hybridized carbons (Fsp3) is 0.444. The standard InChI is InChI=1S/C27H31N3O3S/c31-24(28-16-12-21(13-17-28)18-20-8-2-1-3-9-20)19-30-22-10-4-5-11-23(22)34-25(27(30)33)26(32)29-14-6-7-15-29/h1-5,8-11,21,25H,6-7,12-19H2/t25-/m1/s1. The van der Waals surface area contributed by atoms with E-state index in [-0.39, 0.29) is 24.3 Å². The van der Waals surface area contributed by atoms with Gasteiger partial charge in [0.15, 0.2) is 5.25 Å². The highest BCUT2D eigenvalue weighted by molar-refractivity contribution is 8.01. The van der Waals surface area contributed by atoms with Crippen molar-refractivity contribution in [2.75, 3.05) is 37.6 Å². The van der Waals surface area contributed by atoms with Gasteiger partial charge in [-0.1, -0.05) is 42.5 Å². The number of likely N-dealkylation sites (tertiary alicyclic amines) is 2. The minimum absolute atomic E-state index is 0.0104. The second kappa shape index (κ2) is 10.2. The van der Waals surface area contributed by atoms with Crippen LogP contribution in [0.5, 0.6) is 0 Å². The van der Waals surface area contributed by atoms with Gasteiger partial charge >= 0.3 is 0 Å². The summed E-state index contributed by atoms with van der Waals surface area (Å²) < 4.78 is 0. The van der Waals surface area contributed by atoms with E-state index >= 15 is 0 Å². The molecular formula is C27H31N3O3S. The number of rotatable bonds is 5. The van der Waals surface area contributed by atoms with E-state index < -0.39 is 5.25 Å². The quantitative estimate of drug-likeness (QED) is 0.618. The molecule has 3 aliphatic heterocycles. The lowest BCUT2D eigenvalue weighted by Crippen LogP contribution is -2.52. The van der Waals surface area contributed by atoms with Crippen LogP contribution in [0, 0.1) is 5.92 Å². The molecule has 2 aromatic rings. The molecule has 0 N–H and O–H groups in total. The maximum Gasteiger partial charge on any atom is 0.250 e. The van der Waals surface area contributed by atoms with Crippen molar-refractivity contribution >= 4 is 35.2 Å². The zero-order chi connectivity index (χ0) is 23.5. The molecule has 0 unspecified atom stereocenters. The summed E-state index contributed by atoms with van der Waals surface area (Å²) in [5.74, 6) is 0.136. The van der Waals surface area contributed by atoms with Crippen molar-refractivity contribution in [3.63, 3.8) is 0 Å². The summed E-state index contributed by atoms with van der Waals surface area (Å²) in [5.41, 5.74) is 2.07. The zero-order valence-electron chi connectivity index (χ0n) is 19.4. The average Bonchev–Trinajstić information content (AvgIpc) is 3.41. The van der Waals surface area contributed by atoms with Crippen LogP contribution in [0.15, 0.2) is 59.5 Å². The molecule has 2 fully saturated rings. The summed E-state index contributed by atoms with van der Waals surface area (Å²) in [6.07, 6.45) is 4.94. The normalized spacial score (nSPS) is 21.0. The predicted octanol–water partition coefficient (Wildman–Crippen LogP) is 3.60. The second-order valence-corrected chi connectivity index (χ2v) is 10.6. The third-order valence-corrected chi connectivity index (χ3v) is 8.40. The largest absolute Gasteiger partial charge is 0.341 e. The van der Waals surface area contributed by atoms with Crippen LogP contribution in [0.2, 0.25) is 0 Å². The fourth-order valence-electron chi connectivity index (χ4n) is 5.21. The maximum atomic E-state index is 13.4. The molecule has 0 spiro atoms. The number of benzene rings is 2. The third kappa shape index (κ3) is 4.85. The Morgan fingerprint density at radius 1 is 0.853 bits per heavy atom. The first-order valence-corrected chi connectivity index (χ1v) is 13.2. The third-order valence-electron chi connectivity index (χ3n) is 7.16. The molecule has 3 aliphatic rings. The molecule has 2 aromatic carbocycles. The van der Waals surface area contributed by atoms with Crippen LogP contribution in [0.4, 0.5) is 5.69 Å². The Morgan fingerprint density at radius 2 is 1.53 bits per heavy atom. The van der Waals surface area contributed by atoms with Gasteiger partial charge in [-0.05, 0) is 55.7 Å². The van der Waals surface area contributed by atoms with Crippen LogP contribution in [0.1, 0.15) is 31.2 Å². The highest BCUT2D eigenvalue weighted by atomic mass is 32.2. The lowest BCUT2D eigenvalue weighted by Gasteiger charge is -2.37. The second-order valence-electron chi connectivity index (χ2n) is 9.44. The molecule has 178 valence electrons. The monoisotopic (exact) mass is 477 g/mol. The first-order valence-electron chi connectivity index (χ1n) is 12.3.